The Kier molecular flexibility index (Phi) is 4.36. The molecule has 0 amide bonds. The monoisotopic (exact) mass is 447 g/mol. The fourth-order valence-electron chi connectivity index (χ4n) is 5.98. The van der Waals surface area contributed by atoms with E-state index < -0.39 is 0 Å². The molecule has 0 bridgehead atoms. The van der Waals surface area contributed by atoms with E-state index >= 15 is 0 Å². The van der Waals surface area contributed by atoms with Gasteiger partial charge in [-0.15, -0.1) is 0 Å². The molecule has 6 rings (SSSR count). The van der Waals surface area contributed by atoms with Crippen LogP contribution in [0.15, 0.2) is 59.3 Å². The number of aromatic nitrogens is 2. The third-order valence-corrected chi connectivity index (χ3v) is 7.80. The number of hydrogen-bond donors (Lipinski definition) is 0. The fourth-order valence-corrected chi connectivity index (χ4v) is 5.98. The van der Waals surface area contributed by atoms with Gasteiger partial charge in [-0.2, -0.15) is 0 Å². The normalized spacial score (nSPS) is 14.2. The molecule has 0 unspecified atom stereocenters. The van der Waals surface area contributed by atoms with Gasteiger partial charge in [0, 0.05) is 34.2 Å². The average molecular weight is 448 g/mol. The van der Waals surface area contributed by atoms with E-state index in [1.807, 2.05) is 0 Å². The molecule has 0 spiro atoms. The summed E-state index contributed by atoms with van der Waals surface area (Å²) in [6.45, 7) is 13.4. The minimum absolute atomic E-state index is 0.0968. The second-order valence-electron chi connectivity index (χ2n) is 10.7. The number of rotatable bonds is 2. The summed E-state index contributed by atoms with van der Waals surface area (Å²) in [7, 11) is 2.13. The first-order valence-corrected chi connectivity index (χ1v) is 12.2. The van der Waals surface area contributed by atoms with Gasteiger partial charge in [0.05, 0.1) is 5.56 Å². The van der Waals surface area contributed by atoms with E-state index in [2.05, 4.69) is 108 Å². The highest BCUT2D eigenvalue weighted by Crippen LogP contribution is 2.52. The Morgan fingerprint density at radius 3 is 2.44 bits per heavy atom. The molecule has 2 aromatic carbocycles. The van der Waals surface area contributed by atoms with Crippen molar-refractivity contribution in [3.63, 3.8) is 0 Å². The van der Waals surface area contributed by atoms with Crippen molar-refractivity contribution >= 4 is 22.1 Å². The summed E-state index contributed by atoms with van der Waals surface area (Å²) < 4.78 is 9.05. The lowest BCUT2D eigenvalue weighted by Gasteiger charge is -2.20. The van der Waals surface area contributed by atoms with Crippen LogP contribution in [0.1, 0.15) is 61.4 Å². The van der Waals surface area contributed by atoms with Crippen LogP contribution in [0.4, 0.5) is 0 Å². The maximum Gasteiger partial charge on any atom is 0.216 e. The maximum absolute atomic E-state index is 6.82. The summed E-state index contributed by atoms with van der Waals surface area (Å²) in [4.78, 5) is 4.97. The minimum Gasteiger partial charge on any atom is -0.453 e. The third kappa shape index (κ3) is 2.70. The molecule has 0 saturated heterocycles. The molecule has 0 aliphatic heterocycles. The van der Waals surface area contributed by atoms with E-state index in [1.54, 1.807) is 0 Å². The predicted molar refractivity (Wildman–Crippen MR) is 139 cm³/mol. The van der Waals surface area contributed by atoms with E-state index in [0.717, 1.165) is 27.6 Å². The summed E-state index contributed by atoms with van der Waals surface area (Å²) >= 11 is 0. The Morgan fingerprint density at radius 2 is 1.68 bits per heavy atom. The van der Waals surface area contributed by atoms with Gasteiger partial charge >= 0.3 is 0 Å². The van der Waals surface area contributed by atoms with Crippen molar-refractivity contribution in [2.24, 2.45) is 7.05 Å². The van der Waals surface area contributed by atoms with Crippen molar-refractivity contribution < 1.29 is 8.98 Å². The van der Waals surface area contributed by atoms with Crippen LogP contribution in [-0.4, -0.2) is 4.98 Å². The van der Waals surface area contributed by atoms with Gasteiger partial charge in [-0.1, -0.05) is 58.0 Å². The number of benzene rings is 2. The fraction of sp³-hybridized carbons (Fsp3) is 0.290. The highest BCUT2D eigenvalue weighted by Gasteiger charge is 2.38. The van der Waals surface area contributed by atoms with Crippen LogP contribution in [-0.2, 0) is 12.5 Å². The van der Waals surface area contributed by atoms with Gasteiger partial charge in [0.15, 0.2) is 17.4 Å². The molecular weight excluding hydrogens is 416 g/mol. The van der Waals surface area contributed by atoms with Gasteiger partial charge in [0.25, 0.3) is 0 Å². The van der Waals surface area contributed by atoms with Crippen LogP contribution >= 0.6 is 0 Å². The lowest BCUT2D eigenvalue weighted by molar-refractivity contribution is -0.660. The van der Waals surface area contributed by atoms with Crippen LogP contribution < -0.4 is 4.57 Å². The lowest BCUT2D eigenvalue weighted by atomic mass is 9.83. The standard InChI is InChI=1S/C31H31N2O/c1-17(2)22-14-25(33(7)16-19(22)4)26-18(3)12-13-21-28-30(34-29(21)26)27-20-10-8-9-11-23(20)31(5,6)24(27)15-32-28/h8-17H,1-7H3/q+1. The van der Waals surface area contributed by atoms with E-state index in [4.69, 9.17) is 9.40 Å². The molecule has 34 heavy (non-hydrogen) atoms. The van der Waals surface area contributed by atoms with Crippen molar-refractivity contribution in [1.82, 2.24) is 4.98 Å². The van der Waals surface area contributed by atoms with Crippen molar-refractivity contribution in [3.8, 4) is 22.4 Å². The molecule has 0 fully saturated rings. The molecule has 0 radical (unpaired) electrons. The Bertz CT molecular complexity index is 1640. The highest BCUT2D eigenvalue weighted by atomic mass is 16.3. The number of hydrogen-bond acceptors (Lipinski definition) is 2. The Balaban J connectivity index is 1.72. The van der Waals surface area contributed by atoms with Crippen molar-refractivity contribution in [3.05, 3.63) is 82.7 Å². The topological polar surface area (TPSA) is 29.9 Å². The molecule has 1 aliphatic rings. The van der Waals surface area contributed by atoms with Crippen LogP contribution in [0.3, 0.4) is 0 Å². The molecule has 3 nitrogen and oxygen atoms in total. The molecule has 3 heteroatoms. The Labute approximate surface area is 201 Å². The molecule has 0 saturated carbocycles. The van der Waals surface area contributed by atoms with Gasteiger partial charge in [-0.25, -0.2) is 4.57 Å². The van der Waals surface area contributed by atoms with Crippen molar-refractivity contribution in [1.29, 1.82) is 0 Å². The predicted octanol–water partition coefficient (Wildman–Crippen LogP) is 7.52. The Morgan fingerprint density at radius 1 is 0.912 bits per heavy atom. The van der Waals surface area contributed by atoms with Crippen molar-refractivity contribution in [2.45, 2.75) is 52.9 Å². The molecule has 1 aliphatic carbocycles. The van der Waals surface area contributed by atoms with E-state index in [1.165, 1.54) is 44.6 Å². The number of fused-ring (bicyclic) bond motifs is 7. The number of furan rings is 1. The summed E-state index contributed by atoms with van der Waals surface area (Å²) in [5.41, 5.74) is 13.9. The van der Waals surface area contributed by atoms with E-state index in [-0.39, 0.29) is 5.41 Å². The second-order valence-corrected chi connectivity index (χ2v) is 10.7. The minimum atomic E-state index is -0.0968. The summed E-state index contributed by atoms with van der Waals surface area (Å²) in [6, 6.07) is 15.4. The average Bonchev–Trinajstić information content (AvgIpc) is 3.27. The highest BCUT2D eigenvalue weighted by molar-refractivity contribution is 6.12. The van der Waals surface area contributed by atoms with Crippen LogP contribution in [0.5, 0.6) is 0 Å². The van der Waals surface area contributed by atoms with E-state index in [0.29, 0.717) is 5.92 Å². The molecule has 0 N–H and O–H groups in total. The molecule has 0 atom stereocenters. The number of nitrogens with zero attached hydrogens (tertiary/aromatic N) is 2. The number of aryl methyl sites for hydroxylation is 3. The molecular formula is C31H31N2O+. The summed E-state index contributed by atoms with van der Waals surface area (Å²) in [5.74, 6) is 0.457. The van der Waals surface area contributed by atoms with Crippen molar-refractivity contribution in [2.75, 3.05) is 0 Å². The number of pyridine rings is 2. The van der Waals surface area contributed by atoms with Gasteiger partial charge < -0.3 is 4.42 Å². The summed E-state index contributed by atoms with van der Waals surface area (Å²) in [5, 5.41) is 1.08. The first-order valence-electron chi connectivity index (χ1n) is 12.2. The zero-order valence-electron chi connectivity index (χ0n) is 21.1. The van der Waals surface area contributed by atoms with Gasteiger partial charge in [0.1, 0.15) is 12.6 Å². The molecule has 3 heterocycles. The SMILES string of the molecule is Cc1c[n+](C)c(-c2c(C)ccc3c2oc2c4c(cnc23)C(C)(C)c2ccccc2-4)cc1C(C)C. The van der Waals surface area contributed by atoms with E-state index in [9.17, 15) is 0 Å². The quantitative estimate of drug-likeness (QED) is 0.262. The van der Waals surface area contributed by atoms with Gasteiger partial charge in [-0.3, -0.25) is 4.98 Å². The van der Waals surface area contributed by atoms with Crippen LogP contribution in [0.25, 0.3) is 44.5 Å². The smallest absolute Gasteiger partial charge is 0.216 e. The zero-order valence-corrected chi connectivity index (χ0v) is 21.1. The zero-order chi connectivity index (χ0) is 23.9. The first-order chi connectivity index (χ1) is 16.2. The molecule has 5 aromatic rings. The van der Waals surface area contributed by atoms with Gasteiger partial charge in [-0.05, 0) is 53.6 Å². The second kappa shape index (κ2) is 7.02. The van der Waals surface area contributed by atoms with Crippen LogP contribution in [0, 0.1) is 13.8 Å². The summed E-state index contributed by atoms with van der Waals surface area (Å²) in [6.07, 6.45) is 4.30. The maximum atomic E-state index is 6.82. The van der Waals surface area contributed by atoms with Gasteiger partial charge in [0.2, 0.25) is 5.69 Å². The third-order valence-electron chi connectivity index (χ3n) is 7.80. The lowest BCUT2D eigenvalue weighted by Crippen LogP contribution is -2.32. The Hall–Kier alpha value is -3.46. The first kappa shape index (κ1) is 21.1. The largest absolute Gasteiger partial charge is 0.453 e. The van der Waals surface area contributed by atoms with Crippen LogP contribution in [0.2, 0.25) is 0 Å². The molecule has 3 aromatic heterocycles. The molecule has 170 valence electrons.